The minimum Gasteiger partial charge on any atom is -0.495 e. The van der Waals surface area contributed by atoms with Crippen LogP contribution in [0.1, 0.15) is 71.8 Å². The maximum Gasteiger partial charge on any atom is 0.409 e. The summed E-state index contributed by atoms with van der Waals surface area (Å²) in [6.45, 7) is 7.16. The Bertz CT molecular complexity index is 1900. The van der Waals surface area contributed by atoms with E-state index < -0.39 is 65.7 Å². The minimum atomic E-state index is -1.85. The Kier molecular flexibility index (Phi) is 14.3. The Morgan fingerprint density at radius 3 is 2.47 bits per heavy atom. The highest BCUT2D eigenvalue weighted by Gasteiger charge is 2.64. The van der Waals surface area contributed by atoms with E-state index in [0.29, 0.717) is 37.1 Å². The summed E-state index contributed by atoms with van der Waals surface area (Å²) in [7, 11) is 5.94. The first kappa shape index (κ1) is 45.3. The number of imide groups is 1. The number of benzene rings is 1. The van der Waals surface area contributed by atoms with Gasteiger partial charge >= 0.3 is 12.1 Å². The number of anilines is 1. The number of epoxide rings is 1. The number of hydrogen-bond acceptors (Lipinski definition) is 12. The van der Waals surface area contributed by atoms with Gasteiger partial charge < -0.3 is 38.6 Å². The Balaban J connectivity index is 1.39. The van der Waals surface area contributed by atoms with Crippen molar-refractivity contribution in [1.29, 1.82) is 0 Å². The molecule has 5 amide bonds. The molecule has 4 aliphatic rings. The first-order valence-electron chi connectivity index (χ1n) is 19.7. The molecule has 0 unspecified atom stereocenters. The number of ether oxygens (including phenoxy) is 5. The fourth-order valence-electron chi connectivity index (χ4n) is 7.77. The van der Waals surface area contributed by atoms with Crippen molar-refractivity contribution >= 4 is 53.0 Å². The predicted octanol–water partition coefficient (Wildman–Crippen LogP) is 4.00. The number of allylic oxidation sites excluding steroid dienone is 3. The molecule has 0 spiro atoms. The van der Waals surface area contributed by atoms with Crippen LogP contribution >= 0.6 is 11.6 Å². The van der Waals surface area contributed by atoms with Crippen molar-refractivity contribution in [2.24, 2.45) is 5.92 Å². The van der Waals surface area contributed by atoms with E-state index in [9.17, 15) is 33.9 Å². The molecule has 322 valence electrons. The summed E-state index contributed by atoms with van der Waals surface area (Å²) in [5, 5.41) is 14.5. The molecule has 0 aromatic heterocycles. The second-order valence-corrected chi connectivity index (χ2v) is 16.3. The number of carbonyl (C=O) groups excluding carboxylic acids is 6. The van der Waals surface area contributed by atoms with Crippen molar-refractivity contribution < 1.29 is 57.6 Å². The highest BCUT2D eigenvalue weighted by Crippen LogP contribution is 2.49. The molecule has 4 bridgehead atoms. The summed E-state index contributed by atoms with van der Waals surface area (Å²) in [5.41, 5.74) is -1.05. The van der Waals surface area contributed by atoms with Crippen molar-refractivity contribution in [2.75, 3.05) is 39.8 Å². The number of fused-ring (bicyclic) bond motifs is 5. The molecule has 17 heteroatoms. The van der Waals surface area contributed by atoms with Crippen LogP contribution in [-0.4, -0.2) is 127 Å². The average Bonchev–Trinajstić information content (AvgIpc) is 3.79. The minimum absolute atomic E-state index is 0.0761. The monoisotopic (exact) mass is 842 g/mol. The maximum absolute atomic E-state index is 14.2. The standard InChI is InChI=1S/C42H55ClN4O12/c1-24-13-12-14-31(56-8)42(54)23-30(57-40(53)44-42)25(2)38-41(4,59-38)32(22-36(51)46(6)28-20-27(19-24)21-29(55-7)37(28)43)58-39(52)26(3)45(5)33(48)15-10-9-11-18-47-34(49)16-17-35(47)50/h12-14,16-17,20-21,25-26,30-32,38,54H,9-11,15,18-19,22-23H2,1-8H3,(H,44,53)/b14-12+,24-13+/t25-,26-,30+,31-,32+,38+,41+,42+/m1/s1. The molecule has 4 aliphatic heterocycles. The van der Waals surface area contributed by atoms with E-state index in [-0.39, 0.29) is 48.6 Å². The zero-order valence-electron chi connectivity index (χ0n) is 34.8. The van der Waals surface area contributed by atoms with Gasteiger partial charge in [0.1, 0.15) is 40.7 Å². The molecule has 1 aromatic carbocycles. The Labute approximate surface area is 349 Å². The number of likely N-dealkylation sites (N-methyl/N-ethyl adjacent to an activating group) is 1. The fourth-order valence-corrected chi connectivity index (χ4v) is 8.08. The van der Waals surface area contributed by atoms with Crippen molar-refractivity contribution in [3.05, 3.63) is 58.7 Å². The van der Waals surface area contributed by atoms with Gasteiger partial charge in [-0.1, -0.05) is 48.7 Å². The van der Waals surface area contributed by atoms with Crippen LogP contribution in [-0.2, 0) is 49.3 Å². The molecule has 16 nitrogen and oxygen atoms in total. The summed E-state index contributed by atoms with van der Waals surface area (Å²) in [4.78, 5) is 81.6. The lowest BCUT2D eigenvalue weighted by atomic mass is 9.83. The van der Waals surface area contributed by atoms with Crippen LogP contribution < -0.4 is 15.0 Å². The number of esters is 1. The number of amides is 5. The van der Waals surface area contributed by atoms with E-state index in [1.165, 1.54) is 50.1 Å². The zero-order chi connectivity index (χ0) is 43.4. The number of nitrogens with one attached hydrogen (secondary N) is 1. The molecule has 1 aromatic rings. The van der Waals surface area contributed by atoms with Crippen LogP contribution in [0.3, 0.4) is 0 Å². The number of methoxy groups -OCH3 is 2. The summed E-state index contributed by atoms with van der Waals surface area (Å²) >= 11 is 6.77. The summed E-state index contributed by atoms with van der Waals surface area (Å²) < 4.78 is 29.3. The average molecular weight is 843 g/mol. The first-order valence-corrected chi connectivity index (χ1v) is 20.1. The SMILES string of the molecule is COc1cc2cc(c1Cl)N(C)C(=O)C[C@H](OC(=O)[C@@H](C)N(C)C(=O)CCCCCN1C(=O)C=CC1=O)[C@]1(C)O[C@H]1[C@H](C)[C@@H]1C[C@@](O)(NC(=O)O1)[C@H](OC)/C=C/C=C(\C)C2. The molecule has 2 saturated heterocycles. The summed E-state index contributed by atoms with van der Waals surface area (Å²) in [6.07, 6.45) is 4.78. The van der Waals surface area contributed by atoms with E-state index in [1.54, 1.807) is 45.2 Å². The number of nitrogens with zero attached hydrogens (tertiary/aromatic N) is 3. The Hall–Kier alpha value is -4.77. The number of aliphatic hydroxyl groups is 1. The molecular formula is C42H55ClN4O12. The van der Waals surface area contributed by atoms with Crippen LogP contribution in [0.25, 0.3) is 0 Å². The van der Waals surface area contributed by atoms with Gasteiger partial charge in [-0.05, 0) is 57.7 Å². The van der Waals surface area contributed by atoms with Crippen LogP contribution in [0.2, 0.25) is 5.02 Å². The molecule has 0 aliphatic carbocycles. The van der Waals surface area contributed by atoms with Crippen molar-refractivity contribution in [2.45, 2.75) is 114 Å². The number of unbranched alkanes of at least 4 members (excludes halogenated alkanes) is 2. The van der Waals surface area contributed by atoms with Gasteiger partial charge in [0.25, 0.3) is 11.8 Å². The largest absolute Gasteiger partial charge is 0.495 e. The van der Waals surface area contributed by atoms with E-state index in [4.69, 9.17) is 35.3 Å². The molecule has 0 radical (unpaired) electrons. The van der Waals surface area contributed by atoms with E-state index in [0.717, 1.165) is 16.0 Å². The first-order chi connectivity index (χ1) is 27.8. The molecule has 59 heavy (non-hydrogen) atoms. The molecule has 8 atom stereocenters. The van der Waals surface area contributed by atoms with Gasteiger partial charge in [-0.2, -0.15) is 0 Å². The maximum atomic E-state index is 14.2. The third kappa shape index (κ3) is 10.2. The second kappa shape index (κ2) is 18.7. The van der Waals surface area contributed by atoms with Crippen LogP contribution in [0.5, 0.6) is 5.75 Å². The smallest absolute Gasteiger partial charge is 0.409 e. The van der Waals surface area contributed by atoms with Crippen LogP contribution in [0.15, 0.2) is 48.1 Å². The number of alkyl carbamates (subject to hydrolysis) is 1. The lowest BCUT2D eigenvalue weighted by molar-refractivity contribution is -0.162. The van der Waals surface area contributed by atoms with Gasteiger partial charge in [0.05, 0.1) is 25.3 Å². The quantitative estimate of drug-likeness (QED) is 0.141. The molecule has 2 fully saturated rings. The molecular weight excluding hydrogens is 788 g/mol. The molecule has 0 saturated carbocycles. The van der Waals surface area contributed by atoms with Gasteiger partial charge in [-0.25, -0.2) is 9.59 Å². The zero-order valence-corrected chi connectivity index (χ0v) is 35.6. The molecule has 5 rings (SSSR count). The normalized spacial score (nSPS) is 30.4. The second-order valence-electron chi connectivity index (χ2n) is 15.9. The Morgan fingerprint density at radius 2 is 1.81 bits per heavy atom. The van der Waals surface area contributed by atoms with Crippen molar-refractivity contribution in [3.8, 4) is 5.75 Å². The van der Waals surface area contributed by atoms with Crippen LogP contribution in [0, 0.1) is 5.92 Å². The highest BCUT2D eigenvalue weighted by atomic mass is 35.5. The van der Waals surface area contributed by atoms with Gasteiger partial charge in [0, 0.05) is 58.7 Å². The van der Waals surface area contributed by atoms with Gasteiger partial charge in [-0.15, -0.1) is 0 Å². The lowest BCUT2D eigenvalue weighted by Gasteiger charge is -2.42. The number of rotatable bonds is 11. The number of hydrogen-bond donors (Lipinski definition) is 2. The van der Waals surface area contributed by atoms with Gasteiger partial charge in [0.15, 0.2) is 5.72 Å². The van der Waals surface area contributed by atoms with Crippen molar-refractivity contribution in [3.63, 3.8) is 0 Å². The topological polar surface area (TPSA) is 194 Å². The van der Waals surface area contributed by atoms with E-state index >= 15 is 0 Å². The number of carbonyl (C=O) groups is 6. The third-order valence-corrected chi connectivity index (χ3v) is 12.1. The predicted molar refractivity (Wildman–Crippen MR) is 215 cm³/mol. The summed E-state index contributed by atoms with van der Waals surface area (Å²) in [5.74, 6) is -2.49. The third-order valence-electron chi connectivity index (χ3n) is 11.7. The van der Waals surface area contributed by atoms with Gasteiger partial charge in [0.2, 0.25) is 11.8 Å². The Morgan fingerprint density at radius 1 is 1.12 bits per heavy atom. The van der Waals surface area contributed by atoms with E-state index in [1.807, 2.05) is 13.0 Å². The molecule has 4 heterocycles. The summed E-state index contributed by atoms with van der Waals surface area (Å²) in [6, 6.07) is 2.50. The highest BCUT2D eigenvalue weighted by molar-refractivity contribution is 6.35. The van der Waals surface area contributed by atoms with Crippen molar-refractivity contribution in [1.82, 2.24) is 15.1 Å². The lowest BCUT2D eigenvalue weighted by Crippen LogP contribution is -2.63. The number of halogens is 1. The fraction of sp³-hybridized carbons (Fsp3) is 0.571. The van der Waals surface area contributed by atoms with Crippen LogP contribution in [0.4, 0.5) is 10.5 Å². The van der Waals surface area contributed by atoms with E-state index in [2.05, 4.69) is 5.32 Å². The molecule has 2 N–H and O–H groups in total. The van der Waals surface area contributed by atoms with Gasteiger partial charge in [-0.3, -0.25) is 29.4 Å².